The molecule has 4 atom stereocenters. The predicted octanol–water partition coefficient (Wildman–Crippen LogP) is 1.21. The molecule has 0 saturated carbocycles. The first-order valence-corrected chi connectivity index (χ1v) is 7.09. The van der Waals surface area contributed by atoms with Crippen LogP contribution in [0.3, 0.4) is 0 Å². The highest BCUT2D eigenvalue weighted by Crippen LogP contribution is 2.40. The lowest BCUT2D eigenvalue weighted by Gasteiger charge is -2.14. The van der Waals surface area contributed by atoms with Gasteiger partial charge in [0.15, 0.2) is 12.0 Å². The van der Waals surface area contributed by atoms with Crippen molar-refractivity contribution in [3.05, 3.63) is 0 Å². The number of methoxy groups -OCH3 is 1. The Morgan fingerprint density at radius 2 is 1.90 bits per heavy atom. The Labute approximate surface area is 117 Å². The van der Waals surface area contributed by atoms with Gasteiger partial charge in [0.1, 0.15) is 12.0 Å². The second kappa shape index (κ2) is 6.24. The Bertz CT molecular complexity index is 404. The lowest BCUT2D eigenvalue weighted by Crippen LogP contribution is -2.31. The minimum Gasteiger partial charge on any atom is -0.468 e. The van der Waals surface area contributed by atoms with E-state index < -0.39 is 42.0 Å². The van der Waals surface area contributed by atoms with Gasteiger partial charge < -0.3 is 14.2 Å². The quantitative estimate of drug-likeness (QED) is 0.316. The molecule has 0 N–H and O–H groups in total. The number of carbonyl (C=O) groups is 3. The van der Waals surface area contributed by atoms with E-state index in [0.717, 1.165) is 25.7 Å². The molecule has 6 nitrogen and oxygen atoms in total. The lowest BCUT2D eigenvalue weighted by molar-refractivity contribution is -0.163. The zero-order chi connectivity index (χ0) is 14.7. The molecule has 2 aliphatic heterocycles. The summed E-state index contributed by atoms with van der Waals surface area (Å²) in [5.41, 5.74) is 0. The molecule has 6 heteroatoms. The van der Waals surface area contributed by atoms with Gasteiger partial charge in [0, 0.05) is 0 Å². The molecule has 0 amide bonds. The van der Waals surface area contributed by atoms with Gasteiger partial charge in [-0.3, -0.25) is 14.4 Å². The van der Waals surface area contributed by atoms with Crippen LogP contribution < -0.4 is 0 Å². The topological polar surface area (TPSA) is 78.9 Å². The van der Waals surface area contributed by atoms with E-state index in [4.69, 9.17) is 9.47 Å². The van der Waals surface area contributed by atoms with Gasteiger partial charge in [-0.15, -0.1) is 0 Å². The van der Waals surface area contributed by atoms with Gasteiger partial charge in [-0.2, -0.15) is 0 Å². The van der Waals surface area contributed by atoms with E-state index in [9.17, 15) is 14.4 Å². The summed E-state index contributed by atoms with van der Waals surface area (Å²) in [6, 6.07) is 0. The normalized spacial score (nSPS) is 31.7. The van der Waals surface area contributed by atoms with Crippen molar-refractivity contribution in [1.29, 1.82) is 0 Å². The van der Waals surface area contributed by atoms with Gasteiger partial charge in [0.25, 0.3) is 0 Å². The molecule has 2 heterocycles. The molecule has 20 heavy (non-hydrogen) atoms. The molecular weight excluding hydrogens is 264 g/mol. The standard InChI is InChI=1S/C14H20O6/c1-3-4-5-6-7-8-11-9(13(16)19-8)10(12(15)18-2)14(17)20-11/h8-11H,3-7H2,1-2H3. The second-order valence-corrected chi connectivity index (χ2v) is 5.25. The van der Waals surface area contributed by atoms with E-state index in [1.54, 1.807) is 0 Å². The molecule has 2 rings (SSSR count). The fraction of sp³-hybridized carbons (Fsp3) is 0.786. The Hall–Kier alpha value is -1.59. The van der Waals surface area contributed by atoms with Gasteiger partial charge in [-0.05, 0) is 12.8 Å². The average molecular weight is 284 g/mol. The van der Waals surface area contributed by atoms with Crippen molar-refractivity contribution in [3.8, 4) is 0 Å². The number of carbonyl (C=O) groups excluding carboxylic acids is 3. The molecule has 2 aliphatic rings. The maximum Gasteiger partial charge on any atom is 0.321 e. The fourth-order valence-electron chi connectivity index (χ4n) is 2.85. The van der Waals surface area contributed by atoms with E-state index in [1.165, 1.54) is 7.11 Å². The largest absolute Gasteiger partial charge is 0.468 e. The Morgan fingerprint density at radius 3 is 2.55 bits per heavy atom. The molecule has 0 spiro atoms. The van der Waals surface area contributed by atoms with Crippen LogP contribution in [0.1, 0.15) is 39.0 Å². The number of hydrogen-bond donors (Lipinski definition) is 0. The van der Waals surface area contributed by atoms with E-state index in [-0.39, 0.29) is 0 Å². The highest BCUT2D eigenvalue weighted by molar-refractivity contribution is 6.02. The van der Waals surface area contributed by atoms with Crippen molar-refractivity contribution in [2.24, 2.45) is 11.8 Å². The summed E-state index contributed by atoms with van der Waals surface area (Å²) >= 11 is 0. The minimum absolute atomic E-state index is 0.428. The summed E-state index contributed by atoms with van der Waals surface area (Å²) in [4.78, 5) is 35.2. The van der Waals surface area contributed by atoms with E-state index >= 15 is 0 Å². The van der Waals surface area contributed by atoms with Crippen LogP contribution in [-0.2, 0) is 28.6 Å². The molecule has 0 aliphatic carbocycles. The SMILES string of the molecule is CCCCCCC1OC(=O)C2C(C(=O)OC)C(=O)OC12. The van der Waals surface area contributed by atoms with Crippen molar-refractivity contribution in [3.63, 3.8) is 0 Å². The highest BCUT2D eigenvalue weighted by Gasteiger charge is 2.61. The summed E-state index contributed by atoms with van der Waals surface area (Å²) in [6.07, 6.45) is 3.80. The van der Waals surface area contributed by atoms with Gasteiger partial charge in [-0.1, -0.05) is 26.2 Å². The number of ether oxygens (including phenoxy) is 3. The van der Waals surface area contributed by atoms with Crippen LogP contribution in [0, 0.1) is 11.8 Å². The first-order chi connectivity index (χ1) is 9.60. The molecule has 2 saturated heterocycles. The average Bonchev–Trinajstić information content (AvgIpc) is 2.92. The van der Waals surface area contributed by atoms with Crippen LogP contribution in [-0.4, -0.2) is 37.2 Å². The number of unbranched alkanes of at least 4 members (excludes halogenated alkanes) is 3. The second-order valence-electron chi connectivity index (χ2n) is 5.25. The number of rotatable bonds is 6. The van der Waals surface area contributed by atoms with Crippen LogP contribution in [0.5, 0.6) is 0 Å². The molecule has 0 aromatic carbocycles. The van der Waals surface area contributed by atoms with Crippen LogP contribution in [0.2, 0.25) is 0 Å². The third-order valence-corrected chi connectivity index (χ3v) is 3.92. The Kier molecular flexibility index (Phi) is 4.62. The Morgan fingerprint density at radius 1 is 1.15 bits per heavy atom. The third-order valence-electron chi connectivity index (χ3n) is 3.92. The van der Waals surface area contributed by atoms with Gasteiger partial charge >= 0.3 is 17.9 Å². The summed E-state index contributed by atoms with van der Waals surface area (Å²) in [6.45, 7) is 2.12. The fourth-order valence-corrected chi connectivity index (χ4v) is 2.85. The van der Waals surface area contributed by atoms with Crippen molar-refractivity contribution in [1.82, 2.24) is 0 Å². The minimum atomic E-state index is -1.17. The molecule has 0 radical (unpaired) electrons. The first-order valence-electron chi connectivity index (χ1n) is 7.09. The molecule has 4 unspecified atom stereocenters. The van der Waals surface area contributed by atoms with Crippen molar-refractivity contribution < 1.29 is 28.6 Å². The van der Waals surface area contributed by atoms with Crippen LogP contribution in [0.4, 0.5) is 0 Å². The third kappa shape index (κ3) is 2.64. The predicted molar refractivity (Wildman–Crippen MR) is 67.5 cm³/mol. The number of fused-ring (bicyclic) bond motifs is 1. The molecule has 0 bridgehead atoms. The van der Waals surface area contributed by atoms with E-state index in [2.05, 4.69) is 11.7 Å². The lowest BCUT2D eigenvalue weighted by atomic mass is 9.89. The van der Waals surface area contributed by atoms with Gasteiger partial charge in [0.05, 0.1) is 7.11 Å². The first kappa shape index (κ1) is 14.8. The molecule has 112 valence electrons. The molecular formula is C14H20O6. The smallest absolute Gasteiger partial charge is 0.321 e. The van der Waals surface area contributed by atoms with Gasteiger partial charge in [0.2, 0.25) is 0 Å². The zero-order valence-electron chi connectivity index (χ0n) is 11.8. The zero-order valence-corrected chi connectivity index (χ0v) is 11.8. The summed E-state index contributed by atoms with van der Waals surface area (Å²) < 4.78 is 15.0. The molecule has 2 fully saturated rings. The number of esters is 3. The van der Waals surface area contributed by atoms with Crippen molar-refractivity contribution in [2.75, 3.05) is 7.11 Å². The van der Waals surface area contributed by atoms with Crippen molar-refractivity contribution >= 4 is 17.9 Å². The van der Waals surface area contributed by atoms with Crippen molar-refractivity contribution in [2.45, 2.75) is 51.2 Å². The maximum atomic E-state index is 11.9. The molecule has 0 aromatic heterocycles. The maximum absolute atomic E-state index is 11.9. The van der Waals surface area contributed by atoms with Crippen LogP contribution in [0.15, 0.2) is 0 Å². The van der Waals surface area contributed by atoms with Crippen LogP contribution in [0.25, 0.3) is 0 Å². The summed E-state index contributed by atoms with van der Waals surface area (Å²) in [5.74, 6) is -3.95. The number of cyclic esters (lactones) is 1. The molecule has 0 aromatic rings. The van der Waals surface area contributed by atoms with E-state index in [1.807, 2.05) is 0 Å². The summed E-state index contributed by atoms with van der Waals surface area (Å²) in [5, 5.41) is 0. The van der Waals surface area contributed by atoms with Crippen LogP contribution >= 0.6 is 0 Å². The van der Waals surface area contributed by atoms with E-state index in [0.29, 0.717) is 6.42 Å². The van der Waals surface area contributed by atoms with Gasteiger partial charge in [-0.25, -0.2) is 0 Å². The Balaban J connectivity index is 2.00. The summed E-state index contributed by atoms with van der Waals surface area (Å²) in [7, 11) is 1.19. The monoisotopic (exact) mass is 284 g/mol. The highest BCUT2D eigenvalue weighted by atomic mass is 16.6. The number of hydrogen-bond acceptors (Lipinski definition) is 6.